The highest BCUT2D eigenvalue weighted by Crippen LogP contribution is 2.36. The van der Waals surface area contributed by atoms with Crippen molar-refractivity contribution in [2.45, 2.75) is 38.9 Å². The Labute approximate surface area is 108 Å². The van der Waals surface area contributed by atoms with Crippen molar-refractivity contribution in [3.63, 3.8) is 0 Å². The summed E-state index contributed by atoms with van der Waals surface area (Å²) in [7, 11) is -1.22. The fourth-order valence-electron chi connectivity index (χ4n) is 1.46. The van der Waals surface area contributed by atoms with Gasteiger partial charge in [-0.05, 0) is 27.7 Å². The predicted octanol–water partition coefficient (Wildman–Crippen LogP) is 0.0795. The maximum Gasteiger partial charge on any atom is 0.514 e. The Morgan fingerprint density at radius 1 is 1.35 bits per heavy atom. The van der Waals surface area contributed by atoms with Crippen LogP contribution in [0.1, 0.15) is 34.5 Å². The summed E-state index contributed by atoms with van der Waals surface area (Å²) in [6, 6.07) is 0. The van der Waals surface area contributed by atoms with Gasteiger partial charge in [-0.15, -0.1) is 0 Å². The van der Waals surface area contributed by atoms with E-state index in [1.807, 2.05) is 0 Å². The highest BCUT2D eigenvalue weighted by Gasteiger charge is 2.52. The van der Waals surface area contributed by atoms with Crippen molar-refractivity contribution in [1.82, 2.24) is 9.55 Å². The molecule has 6 heteroatoms. The molecule has 0 unspecified atom stereocenters. The van der Waals surface area contributed by atoms with Gasteiger partial charge in [0.2, 0.25) is 0 Å². The van der Waals surface area contributed by atoms with Crippen molar-refractivity contribution >= 4 is 12.7 Å². The molecule has 0 saturated carbocycles. The second-order valence-electron chi connectivity index (χ2n) is 4.95. The van der Waals surface area contributed by atoms with Crippen LogP contribution in [0.15, 0.2) is 17.1 Å². The summed E-state index contributed by atoms with van der Waals surface area (Å²) in [6.07, 6.45) is -1.33. The molecule has 0 bridgehead atoms. The number of aromatic nitrogens is 2. The van der Waals surface area contributed by atoms with E-state index in [0.717, 1.165) is 0 Å². The molecule has 92 valence electrons. The van der Waals surface area contributed by atoms with Gasteiger partial charge < -0.3 is 13.9 Å². The quantitative estimate of drug-likeness (QED) is 0.653. The van der Waals surface area contributed by atoms with E-state index in [2.05, 4.69) is 4.98 Å². The first-order chi connectivity index (χ1) is 9.78. The highest BCUT2D eigenvalue weighted by atomic mass is 16.7. The normalized spacial score (nSPS) is 26.8. The third-order valence-electron chi connectivity index (χ3n) is 3.24. The van der Waals surface area contributed by atoms with Crippen LogP contribution in [0.3, 0.4) is 0 Å². The highest BCUT2D eigenvalue weighted by molar-refractivity contribution is 6.61. The molecule has 1 aliphatic heterocycles. The van der Waals surface area contributed by atoms with Gasteiger partial charge >= 0.3 is 7.12 Å². The molecule has 0 aromatic carbocycles. The van der Waals surface area contributed by atoms with Crippen LogP contribution in [0, 0.1) is 0 Å². The van der Waals surface area contributed by atoms with Crippen molar-refractivity contribution in [3.8, 4) is 0 Å². The molecule has 1 aliphatic rings. The molecule has 0 atom stereocenters. The summed E-state index contributed by atoms with van der Waals surface area (Å²) in [6.45, 7) is 4.19. The van der Waals surface area contributed by atoms with Gasteiger partial charge in [-0.1, -0.05) is 0 Å². The number of hydrogen-bond donors (Lipinski definition) is 0. The monoisotopic (exact) mass is 241 g/mol. The zero-order valence-corrected chi connectivity index (χ0v) is 10.2. The zero-order chi connectivity index (χ0) is 17.1. The molecule has 0 spiro atoms. The molecular weight excluding hydrogens is 219 g/mol. The second kappa shape index (κ2) is 3.68. The average molecular weight is 241 g/mol. The predicted molar refractivity (Wildman–Crippen MR) is 65.2 cm³/mol. The first kappa shape index (κ1) is 7.33. The molecule has 5 nitrogen and oxygen atoms in total. The summed E-state index contributed by atoms with van der Waals surface area (Å²) in [5.74, 6) is 0. The minimum Gasteiger partial charge on any atom is -0.398 e. The van der Waals surface area contributed by atoms with E-state index in [1.54, 1.807) is 27.7 Å². The summed E-state index contributed by atoms with van der Waals surface area (Å²) < 4.78 is 49.6. The Balaban J connectivity index is 2.68. The summed E-state index contributed by atoms with van der Waals surface area (Å²) in [5.41, 5.74) is -2.95. The first-order valence-corrected chi connectivity index (χ1v) is 5.24. The van der Waals surface area contributed by atoms with Crippen LogP contribution in [-0.2, 0) is 16.3 Å². The van der Waals surface area contributed by atoms with Gasteiger partial charge in [-0.2, -0.15) is 0 Å². The van der Waals surface area contributed by atoms with E-state index < -0.39 is 43.2 Å². The summed E-state index contributed by atoms with van der Waals surface area (Å²) >= 11 is 0. The molecule has 2 rings (SSSR count). The van der Waals surface area contributed by atoms with Crippen LogP contribution in [0.2, 0.25) is 0 Å². The lowest BCUT2D eigenvalue weighted by atomic mass is 9.85. The number of hydrogen-bond acceptors (Lipinski definition) is 4. The van der Waals surface area contributed by atoms with Gasteiger partial charge in [-0.25, -0.2) is 0 Å². The third kappa shape index (κ3) is 1.91. The lowest BCUT2D eigenvalue weighted by Crippen LogP contribution is -2.44. The molecule has 2 heterocycles. The zero-order valence-electron chi connectivity index (χ0n) is 15.2. The Kier molecular flexibility index (Phi) is 1.59. The van der Waals surface area contributed by atoms with Crippen LogP contribution in [-0.4, -0.2) is 27.9 Å². The van der Waals surface area contributed by atoms with E-state index in [1.165, 1.54) is 0 Å². The van der Waals surface area contributed by atoms with E-state index in [0.29, 0.717) is 4.57 Å². The van der Waals surface area contributed by atoms with Gasteiger partial charge in [0.15, 0.2) is 0 Å². The lowest BCUT2D eigenvalue weighted by molar-refractivity contribution is 0.00578. The molecule has 1 saturated heterocycles. The Morgan fingerprint density at radius 3 is 2.47 bits per heavy atom. The maximum absolute atomic E-state index is 12.0. The van der Waals surface area contributed by atoms with E-state index in [4.69, 9.17) is 16.2 Å². The topological polar surface area (TPSA) is 53.4 Å². The van der Waals surface area contributed by atoms with Crippen LogP contribution in [0.25, 0.3) is 0 Å². The van der Waals surface area contributed by atoms with E-state index >= 15 is 0 Å². The van der Waals surface area contributed by atoms with Gasteiger partial charge in [-0.3, -0.25) is 9.78 Å². The van der Waals surface area contributed by atoms with Crippen molar-refractivity contribution < 1.29 is 16.2 Å². The van der Waals surface area contributed by atoms with Gasteiger partial charge in [0, 0.05) is 17.3 Å². The Hall–Kier alpha value is -1.14. The molecule has 0 aliphatic carbocycles. The molecular formula is C11H17BN2O3. The fourth-order valence-corrected chi connectivity index (χ4v) is 1.46. The molecule has 1 fully saturated rings. The van der Waals surface area contributed by atoms with Crippen LogP contribution < -0.4 is 11.2 Å². The molecule has 1 aromatic heterocycles. The second-order valence-corrected chi connectivity index (χ2v) is 4.95. The van der Waals surface area contributed by atoms with Crippen molar-refractivity contribution in [2.75, 3.05) is 0 Å². The maximum atomic E-state index is 12.0. The van der Waals surface area contributed by atoms with E-state index in [-0.39, 0.29) is 5.59 Å². The van der Waals surface area contributed by atoms with Crippen molar-refractivity contribution in [2.24, 2.45) is 6.98 Å². The van der Waals surface area contributed by atoms with Crippen LogP contribution in [0.5, 0.6) is 0 Å². The average Bonchev–Trinajstić information content (AvgIpc) is 2.50. The summed E-state index contributed by atoms with van der Waals surface area (Å²) in [5, 5.41) is 0. The largest absolute Gasteiger partial charge is 0.514 e. The summed E-state index contributed by atoms with van der Waals surface area (Å²) in [4.78, 5) is 15.5. The lowest BCUT2D eigenvalue weighted by Gasteiger charge is -2.32. The fraction of sp³-hybridized carbons (Fsp3) is 0.636. The molecule has 0 radical (unpaired) electrons. The number of rotatable bonds is 1. The smallest absolute Gasteiger partial charge is 0.398 e. The minimum atomic E-state index is -2.87. The van der Waals surface area contributed by atoms with Crippen LogP contribution >= 0.6 is 0 Å². The SMILES string of the molecule is [2H]c1nc([2H])c(=O)n(C([2H])([2H])[2H])c1B1OC(C)(C)C(C)(C)O1. The standard InChI is InChI=1S/C11H17BN2O3/c1-10(2)11(3,4)17-12(16-10)8-6-13-7-9(15)14(8)5/h6-7H,1-5H3/i5D3,6D,7D. The molecule has 1 aromatic rings. The molecule has 17 heavy (non-hydrogen) atoms. The first-order valence-electron chi connectivity index (χ1n) is 7.74. The van der Waals surface area contributed by atoms with Gasteiger partial charge in [0.1, 0.15) is 0 Å². The molecule has 0 amide bonds. The van der Waals surface area contributed by atoms with Gasteiger partial charge in [0.25, 0.3) is 5.56 Å². The van der Waals surface area contributed by atoms with Gasteiger partial charge in [0.05, 0.1) is 25.7 Å². The number of nitrogens with zero attached hydrogens (tertiary/aromatic N) is 2. The Bertz CT molecular complexity index is 655. The van der Waals surface area contributed by atoms with Crippen molar-refractivity contribution in [1.29, 1.82) is 0 Å². The van der Waals surface area contributed by atoms with Crippen molar-refractivity contribution in [3.05, 3.63) is 22.7 Å². The third-order valence-corrected chi connectivity index (χ3v) is 3.24. The van der Waals surface area contributed by atoms with E-state index in [9.17, 15) is 4.79 Å². The van der Waals surface area contributed by atoms with Crippen LogP contribution in [0.4, 0.5) is 0 Å². The minimum absolute atomic E-state index is 0.306. The molecule has 0 N–H and O–H groups in total. The Morgan fingerprint density at radius 2 is 1.94 bits per heavy atom.